The van der Waals surface area contributed by atoms with E-state index in [0.29, 0.717) is 34.7 Å². The SMILES string of the molecule is CCOc1cc(C=NNC(=O)C(C)NC(=O)c2ccccc2Br)ccc1OCc1ccccc1. The number of rotatable bonds is 10. The number of hydrogen-bond donors (Lipinski definition) is 2. The van der Waals surface area contributed by atoms with Crippen LogP contribution < -0.4 is 20.2 Å². The predicted octanol–water partition coefficient (Wildman–Crippen LogP) is 4.70. The molecule has 7 nitrogen and oxygen atoms in total. The smallest absolute Gasteiger partial charge is 0.262 e. The maximum absolute atomic E-state index is 12.4. The minimum absolute atomic E-state index is 0.355. The molecule has 3 rings (SSSR count). The molecule has 34 heavy (non-hydrogen) atoms. The van der Waals surface area contributed by atoms with Gasteiger partial charge >= 0.3 is 0 Å². The molecule has 3 aromatic rings. The van der Waals surface area contributed by atoms with E-state index in [4.69, 9.17) is 9.47 Å². The topological polar surface area (TPSA) is 89.0 Å². The molecule has 1 atom stereocenters. The Kier molecular flexibility index (Phi) is 9.22. The average molecular weight is 524 g/mol. The van der Waals surface area contributed by atoms with E-state index in [1.54, 1.807) is 37.3 Å². The van der Waals surface area contributed by atoms with E-state index in [1.165, 1.54) is 6.21 Å². The van der Waals surface area contributed by atoms with Crippen molar-refractivity contribution < 1.29 is 19.1 Å². The third kappa shape index (κ3) is 7.18. The van der Waals surface area contributed by atoms with Crippen molar-refractivity contribution in [3.8, 4) is 11.5 Å². The van der Waals surface area contributed by atoms with Gasteiger partial charge in [-0.1, -0.05) is 42.5 Å². The first kappa shape index (κ1) is 25.0. The van der Waals surface area contributed by atoms with Gasteiger partial charge in [-0.2, -0.15) is 5.10 Å². The monoisotopic (exact) mass is 523 g/mol. The van der Waals surface area contributed by atoms with Crippen LogP contribution in [0.1, 0.15) is 35.3 Å². The van der Waals surface area contributed by atoms with E-state index in [2.05, 4.69) is 31.8 Å². The zero-order valence-corrected chi connectivity index (χ0v) is 20.5. The van der Waals surface area contributed by atoms with E-state index in [0.717, 1.165) is 11.1 Å². The van der Waals surface area contributed by atoms with Crippen molar-refractivity contribution in [3.05, 3.63) is 94.0 Å². The summed E-state index contributed by atoms with van der Waals surface area (Å²) in [7, 11) is 0. The van der Waals surface area contributed by atoms with Crippen molar-refractivity contribution in [1.82, 2.24) is 10.7 Å². The van der Waals surface area contributed by atoms with Crippen LogP contribution in [0.3, 0.4) is 0 Å². The van der Waals surface area contributed by atoms with Crippen molar-refractivity contribution in [2.75, 3.05) is 6.61 Å². The van der Waals surface area contributed by atoms with Gasteiger partial charge < -0.3 is 14.8 Å². The maximum Gasteiger partial charge on any atom is 0.262 e. The van der Waals surface area contributed by atoms with Crippen molar-refractivity contribution in [3.63, 3.8) is 0 Å². The Morgan fingerprint density at radius 2 is 1.74 bits per heavy atom. The Balaban J connectivity index is 1.57. The van der Waals surface area contributed by atoms with Crippen LogP contribution >= 0.6 is 15.9 Å². The molecule has 2 amide bonds. The van der Waals surface area contributed by atoms with Gasteiger partial charge in [-0.05, 0) is 71.2 Å². The second-order valence-electron chi connectivity index (χ2n) is 7.32. The van der Waals surface area contributed by atoms with E-state index in [1.807, 2.05) is 49.4 Å². The number of hydrogen-bond acceptors (Lipinski definition) is 5. The lowest BCUT2D eigenvalue weighted by atomic mass is 10.2. The first-order chi connectivity index (χ1) is 16.5. The van der Waals surface area contributed by atoms with E-state index < -0.39 is 11.9 Å². The highest BCUT2D eigenvalue weighted by Crippen LogP contribution is 2.29. The largest absolute Gasteiger partial charge is 0.490 e. The number of carbonyl (C=O) groups is 2. The van der Waals surface area contributed by atoms with Crippen LogP contribution in [-0.4, -0.2) is 30.7 Å². The summed E-state index contributed by atoms with van der Waals surface area (Å²) in [5.74, 6) is 0.411. The van der Waals surface area contributed by atoms with Crippen LogP contribution in [0.25, 0.3) is 0 Å². The van der Waals surface area contributed by atoms with E-state index in [9.17, 15) is 9.59 Å². The van der Waals surface area contributed by atoms with Gasteiger partial charge in [-0.3, -0.25) is 9.59 Å². The van der Waals surface area contributed by atoms with Gasteiger partial charge in [0.05, 0.1) is 18.4 Å². The molecule has 2 N–H and O–H groups in total. The number of nitrogens with one attached hydrogen (secondary N) is 2. The Morgan fingerprint density at radius 3 is 2.47 bits per heavy atom. The molecule has 8 heteroatoms. The lowest BCUT2D eigenvalue weighted by Crippen LogP contribution is -2.43. The first-order valence-corrected chi connectivity index (χ1v) is 11.6. The molecular weight excluding hydrogens is 498 g/mol. The van der Waals surface area contributed by atoms with Crippen molar-refractivity contribution in [2.24, 2.45) is 5.10 Å². The summed E-state index contributed by atoms with van der Waals surface area (Å²) in [5.41, 5.74) is 4.67. The Morgan fingerprint density at radius 1 is 1.00 bits per heavy atom. The third-order valence-corrected chi connectivity index (χ3v) is 5.44. The van der Waals surface area contributed by atoms with Crippen LogP contribution in [0.4, 0.5) is 0 Å². The summed E-state index contributed by atoms with van der Waals surface area (Å²) in [5, 5.41) is 6.66. The van der Waals surface area contributed by atoms with Gasteiger partial charge in [0.15, 0.2) is 11.5 Å². The Hall–Kier alpha value is -3.65. The second-order valence-corrected chi connectivity index (χ2v) is 8.18. The van der Waals surface area contributed by atoms with Crippen molar-refractivity contribution >= 4 is 34.0 Å². The molecule has 0 bridgehead atoms. The fraction of sp³-hybridized carbons (Fsp3) is 0.192. The van der Waals surface area contributed by atoms with Gasteiger partial charge in [0.25, 0.3) is 11.8 Å². The van der Waals surface area contributed by atoms with Gasteiger partial charge in [0, 0.05) is 4.47 Å². The summed E-state index contributed by atoms with van der Waals surface area (Å²) >= 11 is 3.33. The molecule has 0 aliphatic carbocycles. The fourth-order valence-corrected chi connectivity index (χ4v) is 3.45. The van der Waals surface area contributed by atoms with Crippen LogP contribution in [-0.2, 0) is 11.4 Å². The maximum atomic E-state index is 12.4. The molecule has 0 heterocycles. The molecular formula is C26H26BrN3O4. The highest BCUT2D eigenvalue weighted by Gasteiger charge is 2.17. The Bertz CT molecular complexity index is 1150. The standard InChI is InChI=1S/C26H26BrN3O4/c1-3-33-24-15-20(13-14-23(24)34-17-19-9-5-4-6-10-19)16-28-30-25(31)18(2)29-26(32)21-11-7-8-12-22(21)27/h4-16,18H,3,17H2,1-2H3,(H,29,32)(H,30,31). The summed E-state index contributed by atoms with van der Waals surface area (Å²) in [6.07, 6.45) is 1.50. The van der Waals surface area contributed by atoms with Gasteiger partial charge in [-0.15, -0.1) is 0 Å². The number of amides is 2. The van der Waals surface area contributed by atoms with E-state index >= 15 is 0 Å². The lowest BCUT2D eigenvalue weighted by Gasteiger charge is -2.13. The normalized spacial score (nSPS) is 11.6. The number of benzene rings is 3. The zero-order chi connectivity index (χ0) is 24.3. The molecule has 0 saturated carbocycles. The Labute approximate surface area is 207 Å². The second kappa shape index (κ2) is 12.6. The molecule has 0 spiro atoms. The van der Waals surface area contributed by atoms with E-state index in [-0.39, 0.29) is 5.91 Å². The van der Waals surface area contributed by atoms with Crippen LogP contribution in [0.2, 0.25) is 0 Å². The average Bonchev–Trinajstić information content (AvgIpc) is 2.84. The number of hydrazone groups is 1. The lowest BCUT2D eigenvalue weighted by molar-refractivity contribution is -0.122. The molecule has 0 aliphatic rings. The zero-order valence-electron chi connectivity index (χ0n) is 19.0. The quantitative estimate of drug-likeness (QED) is 0.298. The minimum Gasteiger partial charge on any atom is -0.490 e. The first-order valence-electron chi connectivity index (χ1n) is 10.8. The van der Waals surface area contributed by atoms with Crippen molar-refractivity contribution in [2.45, 2.75) is 26.5 Å². The molecule has 0 saturated heterocycles. The third-order valence-electron chi connectivity index (χ3n) is 4.75. The predicted molar refractivity (Wildman–Crippen MR) is 135 cm³/mol. The van der Waals surface area contributed by atoms with Gasteiger partial charge in [0.2, 0.25) is 0 Å². The number of halogens is 1. The molecule has 0 fully saturated rings. The van der Waals surface area contributed by atoms with Crippen molar-refractivity contribution in [1.29, 1.82) is 0 Å². The van der Waals surface area contributed by atoms with Crippen LogP contribution in [0.5, 0.6) is 11.5 Å². The highest BCUT2D eigenvalue weighted by molar-refractivity contribution is 9.10. The molecule has 176 valence electrons. The van der Waals surface area contributed by atoms with Crippen LogP contribution in [0.15, 0.2) is 82.4 Å². The summed E-state index contributed by atoms with van der Waals surface area (Å²) in [6.45, 7) is 4.39. The number of carbonyl (C=O) groups excluding carboxylic acids is 2. The summed E-state index contributed by atoms with van der Waals surface area (Å²) in [6, 6.07) is 21.5. The summed E-state index contributed by atoms with van der Waals surface area (Å²) < 4.78 is 12.3. The fourth-order valence-electron chi connectivity index (χ4n) is 2.98. The number of ether oxygens (including phenoxy) is 2. The highest BCUT2D eigenvalue weighted by atomic mass is 79.9. The molecule has 0 aromatic heterocycles. The number of nitrogens with zero attached hydrogens (tertiary/aromatic N) is 1. The van der Waals surface area contributed by atoms with Gasteiger partial charge in [-0.25, -0.2) is 5.43 Å². The molecule has 0 aliphatic heterocycles. The van der Waals surface area contributed by atoms with Crippen LogP contribution in [0, 0.1) is 0 Å². The molecule has 3 aromatic carbocycles. The molecule has 1 unspecified atom stereocenters. The minimum atomic E-state index is -0.774. The molecule has 0 radical (unpaired) electrons. The summed E-state index contributed by atoms with van der Waals surface area (Å²) in [4.78, 5) is 24.7. The van der Waals surface area contributed by atoms with Gasteiger partial charge in [0.1, 0.15) is 12.6 Å².